The van der Waals surface area contributed by atoms with Gasteiger partial charge in [-0.15, -0.1) is 0 Å². The molecule has 0 saturated heterocycles. The molecule has 0 aliphatic carbocycles. The average molecular weight is 433 g/mol. The third-order valence-corrected chi connectivity index (χ3v) is 7.31. The van der Waals surface area contributed by atoms with E-state index in [1.807, 2.05) is 0 Å². The smallest absolute Gasteiger partial charge is 0.0547 e. The molecule has 2 aromatic heterocycles. The molecule has 34 heavy (non-hydrogen) atoms. The highest BCUT2D eigenvalue weighted by Crippen LogP contribution is 2.41. The summed E-state index contributed by atoms with van der Waals surface area (Å²) in [5.41, 5.74) is 6.06. The third-order valence-electron chi connectivity index (χ3n) is 7.31. The van der Waals surface area contributed by atoms with Crippen molar-refractivity contribution in [2.24, 2.45) is 0 Å². The van der Waals surface area contributed by atoms with Gasteiger partial charge in [0.15, 0.2) is 0 Å². The van der Waals surface area contributed by atoms with Crippen LogP contribution in [0.5, 0.6) is 0 Å². The number of H-pyrrole nitrogens is 1. The van der Waals surface area contributed by atoms with Gasteiger partial charge >= 0.3 is 0 Å². The largest absolute Gasteiger partial charge is 0.354 e. The lowest BCUT2D eigenvalue weighted by molar-refractivity contribution is 1.18. The molecule has 0 fully saturated rings. The van der Waals surface area contributed by atoms with Crippen LogP contribution in [0.4, 0.5) is 0 Å². The lowest BCUT2D eigenvalue weighted by Crippen LogP contribution is -1.92. The molecule has 8 aromatic rings. The Morgan fingerprint density at radius 3 is 2.03 bits per heavy atom. The Morgan fingerprint density at radius 2 is 1.12 bits per heavy atom. The Labute approximate surface area is 195 Å². The molecule has 0 radical (unpaired) electrons. The van der Waals surface area contributed by atoms with Crippen LogP contribution in [0.3, 0.4) is 0 Å². The van der Waals surface area contributed by atoms with Gasteiger partial charge in [-0.3, -0.25) is 0 Å². The van der Waals surface area contributed by atoms with Crippen molar-refractivity contribution in [2.45, 2.75) is 0 Å². The number of nitrogens with one attached hydrogen (secondary N) is 1. The summed E-state index contributed by atoms with van der Waals surface area (Å²) in [6.45, 7) is 0. The van der Waals surface area contributed by atoms with E-state index in [1.165, 1.54) is 70.8 Å². The van der Waals surface area contributed by atoms with E-state index < -0.39 is 0 Å². The van der Waals surface area contributed by atoms with Crippen molar-refractivity contribution < 1.29 is 0 Å². The Hall–Kier alpha value is -4.56. The molecule has 0 unspecified atom stereocenters. The fourth-order valence-corrected chi connectivity index (χ4v) is 5.87. The number of benzene rings is 6. The molecule has 6 aromatic carbocycles. The number of aromatic nitrogens is 2. The van der Waals surface area contributed by atoms with Gasteiger partial charge in [-0.2, -0.15) is 0 Å². The van der Waals surface area contributed by atoms with Crippen molar-refractivity contribution in [2.75, 3.05) is 0 Å². The van der Waals surface area contributed by atoms with Crippen LogP contribution in [0.15, 0.2) is 115 Å². The lowest BCUT2D eigenvalue weighted by atomic mass is 9.96. The van der Waals surface area contributed by atoms with Gasteiger partial charge in [-0.05, 0) is 46.5 Å². The van der Waals surface area contributed by atoms with E-state index in [-0.39, 0.29) is 0 Å². The number of nitrogens with zero attached hydrogens (tertiary/aromatic N) is 1. The fraction of sp³-hybridized carbons (Fsp3) is 0. The van der Waals surface area contributed by atoms with E-state index in [0.29, 0.717) is 0 Å². The fourth-order valence-electron chi connectivity index (χ4n) is 5.87. The van der Waals surface area contributed by atoms with Gasteiger partial charge in [0.25, 0.3) is 0 Å². The van der Waals surface area contributed by atoms with Crippen LogP contribution in [0.25, 0.3) is 70.8 Å². The molecular formula is C32H20N2. The minimum atomic E-state index is 1.18. The second-order valence-corrected chi connectivity index (χ2v) is 9.07. The number of para-hydroxylation sites is 3. The molecule has 0 saturated carbocycles. The maximum absolute atomic E-state index is 3.70. The molecule has 0 amide bonds. The zero-order valence-corrected chi connectivity index (χ0v) is 18.4. The van der Waals surface area contributed by atoms with Crippen molar-refractivity contribution in [1.82, 2.24) is 9.55 Å². The predicted molar refractivity (Wildman–Crippen MR) is 145 cm³/mol. The van der Waals surface area contributed by atoms with Crippen LogP contribution in [0.1, 0.15) is 0 Å². The maximum Gasteiger partial charge on any atom is 0.0547 e. The third kappa shape index (κ3) is 2.24. The quantitative estimate of drug-likeness (QED) is 0.250. The topological polar surface area (TPSA) is 20.7 Å². The number of aromatic amines is 1. The van der Waals surface area contributed by atoms with Gasteiger partial charge in [0.05, 0.1) is 16.6 Å². The first-order valence-corrected chi connectivity index (χ1v) is 11.7. The summed E-state index contributed by atoms with van der Waals surface area (Å²) in [6, 6.07) is 41.7. The molecule has 2 nitrogen and oxygen atoms in total. The van der Waals surface area contributed by atoms with Gasteiger partial charge in [-0.25, -0.2) is 0 Å². The minimum Gasteiger partial charge on any atom is -0.354 e. The zero-order valence-electron chi connectivity index (χ0n) is 18.4. The highest BCUT2D eigenvalue weighted by atomic mass is 15.0. The lowest BCUT2D eigenvalue weighted by Gasteiger charge is -2.10. The van der Waals surface area contributed by atoms with Crippen LogP contribution in [-0.2, 0) is 0 Å². The van der Waals surface area contributed by atoms with Crippen molar-refractivity contribution >= 4 is 65.2 Å². The van der Waals surface area contributed by atoms with Crippen molar-refractivity contribution in [3.63, 3.8) is 0 Å². The molecule has 2 heteroatoms. The summed E-state index contributed by atoms with van der Waals surface area (Å²) in [5.74, 6) is 0. The highest BCUT2D eigenvalue weighted by molar-refractivity contribution is 6.31. The van der Waals surface area contributed by atoms with E-state index in [2.05, 4.69) is 125 Å². The molecule has 158 valence electrons. The van der Waals surface area contributed by atoms with E-state index in [0.717, 1.165) is 0 Å². The van der Waals surface area contributed by atoms with E-state index >= 15 is 0 Å². The molecule has 1 N–H and O–H groups in total. The van der Waals surface area contributed by atoms with Gasteiger partial charge in [0, 0.05) is 38.1 Å². The standard InChI is InChI=1S/C32H20N2/c1-2-8-21(9-3-1)34-28-13-7-5-11-26(28)31-29(34)19-15-20-14-16-25-23(30(20)31)17-18-24-22-10-4-6-12-27(22)33-32(24)25/h1-19,33H. The molecular weight excluding hydrogens is 412 g/mol. The van der Waals surface area contributed by atoms with E-state index in [4.69, 9.17) is 0 Å². The van der Waals surface area contributed by atoms with Crippen LogP contribution in [-0.4, -0.2) is 9.55 Å². The molecule has 8 rings (SSSR count). The summed E-state index contributed by atoms with van der Waals surface area (Å²) in [4.78, 5) is 3.70. The Bertz CT molecular complexity index is 2060. The van der Waals surface area contributed by atoms with Crippen molar-refractivity contribution in [3.8, 4) is 5.69 Å². The Morgan fingerprint density at radius 1 is 0.441 bits per heavy atom. The van der Waals surface area contributed by atoms with Crippen LogP contribution >= 0.6 is 0 Å². The SMILES string of the molecule is c1ccc(-n2c3ccccc3c3c4c(ccc5c4ccc4c6ccccc6[nH]c45)ccc32)cc1. The summed E-state index contributed by atoms with van der Waals surface area (Å²) in [6.07, 6.45) is 0. The number of hydrogen-bond acceptors (Lipinski definition) is 0. The zero-order chi connectivity index (χ0) is 22.2. The van der Waals surface area contributed by atoms with Crippen LogP contribution < -0.4 is 0 Å². The summed E-state index contributed by atoms with van der Waals surface area (Å²) in [5, 5.41) is 10.3. The second kappa shape index (κ2) is 6.49. The van der Waals surface area contributed by atoms with Gasteiger partial charge in [0.1, 0.15) is 0 Å². The van der Waals surface area contributed by atoms with Gasteiger partial charge in [0.2, 0.25) is 0 Å². The van der Waals surface area contributed by atoms with Crippen LogP contribution in [0.2, 0.25) is 0 Å². The van der Waals surface area contributed by atoms with Gasteiger partial charge < -0.3 is 9.55 Å². The second-order valence-electron chi connectivity index (χ2n) is 9.07. The first-order valence-electron chi connectivity index (χ1n) is 11.7. The van der Waals surface area contributed by atoms with E-state index in [9.17, 15) is 0 Å². The summed E-state index contributed by atoms with van der Waals surface area (Å²) >= 11 is 0. The molecule has 0 spiro atoms. The molecule has 2 heterocycles. The first kappa shape index (κ1) is 17.9. The molecule has 0 aliphatic rings. The summed E-state index contributed by atoms with van der Waals surface area (Å²) in [7, 11) is 0. The van der Waals surface area contributed by atoms with E-state index in [1.54, 1.807) is 0 Å². The Kier molecular flexibility index (Phi) is 3.42. The molecule has 0 bridgehead atoms. The molecule has 0 atom stereocenters. The number of hydrogen-bond donors (Lipinski definition) is 1. The van der Waals surface area contributed by atoms with Crippen molar-refractivity contribution in [1.29, 1.82) is 0 Å². The number of rotatable bonds is 1. The van der Waals surface area contributed by atoms with Crippen LogP contribution in [0, 0.1) is 0 Å². The number of fused-ring (bicyclic) bond motifs is 11. The summed E-state index contributed by atoms with van der Waals surface area (Å²) < 4.78 is 2.39. The molecule has 0 aliphatic heterocycles. The van der Waals surface area contributed by atoms with Gasteiger partial charge in [-0.1, -0.05) is 84.9 Å². The highest BCUT2D eigenvalue weighted by Gasteiger charge is 2.17. The minimum absolute atomic E-state index is 1.18. The monoisotopic (exact) mass is 432 g/mol. The predicted octanol–water partition coefficient (Wildman–Crippen LogP) is 8.72. The maximum atomic E-state index is 3.70. The average Bonchev–Trinajstić information content (AvgIpc) is 3.45. The van der Waals surface area contributed by atoms with Crippen molar-refractivity contribution in [3.05, 3.63) is 115 Å². The Balaban J connectivity index is 1.61. The normalized spacial score (nSPS) is 12.1. The first-order chi connectivity index (χ1) is 16.9.